The highest BCUT2D eigenvalue weighted by molar-refractivity contribution is 6.01. The number of hydrogen-bond acceptors (Lipinski definition) is 20. The summed E-state index contributed by atoms with van der Waals surface area (Å²) in [6.45, 7) is 6.94. The molecule has 4 aromatic carbocycles. The van der Waals surface area contributed by atoms with Gasteiger partial charge in [-0.1, -0.05) is 87.4 Å². The molecule has 0 aromatic heterocycles. The van der Waals surface area contributed by atoms with Gasteiger partial charge in [-0.2, -0.15) is 0 Å². The number of fused-ring (bicyclic) bond motifs is 2. The number of rotatable bonds is 23. The highest BCUT2D eigenvalue weighted by atomic mass is 16.5. The third-order valence-corrected chi connectivity index (χ3v) is 16.7. The molecule has 2 heterocycles. The molecule has 8 unspecified atom stereocenters. The molecule has 7 rings (SSSR count). The van der Waals surface area contributed by atoms with Crippen molar-refractivity contribution in [3.05, 3.63) is 108 Å². The Bertz CT molecular complexity index is 3050. The van der Waals surface area contributed by atoms with Gasteiger partial charge in [0.15, 0.2) is 5.78 Å². The van der Waals surface area contributed by atoms with Crippen LogP contribution in [0.5, 0.6) is 11.5 Å². The average molecular weight is 1270 g/mol. The number of phenols is 1. The van der Waals surface area contributed by atoms with Crippen LogP contribution in [0.2, 0.25) is 0 Å². The van der Waals surface area contributed by atoms with Crippen molar-refractivity contribution in [3.8, 4) is 33.8 Å². The van der Waals surface area contributed by atoms with Crippen LogP contribution in [-0.2, 0) is 38.2 Å². The number of amides is 6. The molecule has 0 bridgehead atoms. The highest BCUT2D eigenvalue weighted by Gasteiger charge is 2.51. The summed E-state index contributed by atoms with van der Waals surface area (Å²) in [6.07, 6.45) is -12.6. The number of benzene rings is 4. The summed E-state index contributed by atoms with van der Waals surface area (Å²) in [4.78, 5) is 104. The van der Waals surface area contributed by atoms with Crippen molar-refractivity contribution < 1.29 is 88.6 Å². The predicted molar refractivity (Wildman–Crippen MR) is 331 cm³/mol. The van der Waals surface area contributed by atoms with Crippen LogP contribution < -0.4 is 42.4 Å². The third-order valence-electron chi connectivity index (χ3n) is 16.7. The van der Waals surface area contributed by atoms with Crippen LogP contribution >= 0.6 is 0 Å². The monoisotopic (exact) mass is 1270 g/mol. The molecule has 3 aliphatic rings. The number of aliphatic hydroxyl groups excluding tert-OH is 7. The first-order chi connectivity index (χ1) is 43.5. The van der Waals surface area contributed by atoms with E-state index in [1.54, 1.807) is 12.1 Å². The summed E-state index contributed by atoms with van der Waals surface area (Å²) in [5, 5.41) is 106. The molecule has 1 aliphatic carbocycles. The fourth-order valence-electron chi connectivity index (χ4n) is 11.5. The van der Waals surface area contributed by atoms with Gasteiger partial charge in [-0.25, -0.2) is 0 Å². The number of aromatic hydroxyl groups is 1. The third kappa shape index (κ3) is 18.8. The van der Waals surface area contributed by atoms with E-state index in [-0.39, 0.29) is 62.9 Å². The quantitative estimate of drug-likeness (QED) is 0.0422. The maximum atomic E-state index is 14.9. The zero-order valence-corrected chi connectivity index (χ0v) is 51.6. The van der Waals surface area contributed by atoms with Gasteiger partial charge in [-0.05, 0) is 97.3 Å². The molecular formula is C65H88N8O18. The second-order valence-corrected chi connectivity index (χ2v) is 23.6. The average Bonchev–Trinajstić information content (AvgIpc) is 1.73. The lowest BCUT2D eigenvalue weighted by atomic mass is 9.85. The smallest absolute Gasteiger partial charge is 0.251 e. The van der Waals surface area contributed by atoms with Gasteiger partial charge < -0.3 is 92.3 Å². The zero-order chi connectivity index (χ0) is 66.1. The molecule has 26 nitrogen and oxygen atoms in total. The van der Waals surface area contributed by atoms with E-state index >= 15 is 0 Å². The van der Waals surface area contributed by atoms with E-state index in [9.17, 15) is 74.4 Å². The SMILES string of the molecule is CCCCCOc1ccc(-c2ccc(-c3ccc(C(=O)NC4C[C@@H](O)C(NCCOCCOCCN)NC(=O)C5[C@@H](O)[C@@H](C)CN5C(=O)C([C@@H](C)O)NC(=O)C([C@H](O)[C@@H](O)c5ccc(O)cc5)NC(=O)C5C[C@@H](O)CC5C(=O)C([C@@H](C)O)NC4=O)cc3)cc2)cc1. The Kier molecular flexibility index (Phi) is 26.3. The Hall–Kier alpha value is -7.47. The second kappa shape index (κ2) is 33.7. The Morgan fingerprint density at radius 3 is 1.80 bits per heavy atom. The predicted octanol–water partition coefficient (Wildman–Crippen LogP) is -0.343. The first kappa shape index (κ1) is 71.0. The molecule has 0 radical (unpaired) electrons. The number of nitrogens with zero attached hydrogens (tertiary/aromatic N) is 1. The van der Waals surface area contributed by atoms with Gasteiger partial charge in [-0.3, -0.25) is 38.9 Å². The van der Waals surface area contributed by atoms with Crippen LogP contribution in [0.4, 0.5) is 0 Å². The van der Waals surface area contributed by atoms with E-state index < -0.39 is 157 Å². The summed E-state index contributed by atoms with van der Waals surface area (Å²) in [7, 11) is 0. The van der Waals surface area contributed by atoms with Gasteiger partial charge in [0.2, 0.25) is 29.5 Å². The number of carbonyl (C=O) groups excluding carboxylic acids is 7. The van der Waals surface area contributed by atoms with E-state index in [1.165, 1.54) is 43.3 Å². The van der Waals surface area contributed by atoms with Crippen LogP contribution in [0, 0.1) is 17.8 Å². The molecule has 6 amide bonds. The molecule has 3 fully saturated rings. The van der Waals surface area contributed by atoms with Gasteiger partial charge in [0.25, 0.3) is 5.91 Å². The molecular weight excluding hydrogens is 1180 g/mol. The number of ketones is 1. The van der Waals surface area contributed by atoms with Crippen molar-refractivity contribution in [3.63, 3.8) is 0 Å². The molecule has 1 saturated carbocycles. The van der Waals surface area contributed by atoms with Gasteiger partial charge >= 0.3 is 0 Å². The fraction of sp³-hybridized carbons (Fsp3) is 0.523. The number of nitrogens with two attached hydrogens (primary N) is 1. The number of nitrogens with one attached hydrogen (secondary N) is 6. The number of unbranched alkanes of at least 4 members (excludes halogenated alkanes) is 2. The second-order valence-electron chi connectivity index (χ2n) is 23.6. The lowest BCUT2D eigenvalue weighted by molar-refractivity contribution is -0.147. The van der Waals surface area contributed by atoms with Gasteiger partial charge in [0.05, 0.1) is 69.5 Å². The van der Waals surface area contributed by atoms with E-state index in [1.807, 2.05) is 48.5 Å². The van der Waals surface area contributed by atoms with Crippen molar-refractivity contribution in [2.75, 3.05) is 52.7 Å². The lowest BCUT2D eigenvalue weighted by Crippen LogP contribution is -2.64. The maximum absolute atomic E-state index is 14.9. The van der Waals surface area contributed by atoms with Crippen molar-refractivity contribution in [1.29, 1.82) is 0 Å². The molecule has 26 heteroatoms. The van der Waals surface area contributed by atoms with Crippen LogP contribution in [-0.4, -0.2) is 213 Å². The van der Waals surface area contributed by atoms with E-state index in [4.69, 9.17) is 19.9 Å². The lowest BCUT2D eigenvalue weighted by Gasteiger charge is -2.34. The summed E-state index contributed by atoms with van der Waals surface area (Å²) >= 11 is 0. The van der Waals surface area contributed by atoms with Crippen LogP contribution in [0.3, 0.4) is 0 Å². The van der Waals surface area contributed by atoms with E-state index in [2.05, 4.69) is 38.8 Å². The zero-order valence-electron chi connectivity index (χ0n) is 51.6. The first-order valence-corrected chi connectivity index (χ1v) is 31.0. The summed E-state index contributed by atoms with van der Waals surface area (Å²) in [5.74, 6) is -11.0. The minimum Gasteiger partial charge on any atom is -0.508 e. The Morgan fingerprint density at radius 2 is 1.21 bits per heavy atom. The molecule has 0 spiro atoms. The molecule has 91 heavy (non-hydrogen) atoms. The number of carbonyl (C=O) groups is 7. The Labute approximate surface area is 528 Å². The largest absolute Gasteiger partial charge is 0.508 e. The Balaban J connectivity index is 1.23. The molecule has 16 N–H and O–H groups in total. The van der Waals surface area contributed by atoms with Gasteiger partial charge in [0.1, 0.15) is 60.1 Å². The molecule has 16 atom stereocenters. The number of hydrogen-bond donors (Lipinski definition) is 15. The molecule has 2 saturated heterocycles. The number of phenolic OH excluding ortho intramolecular Hbond substituents is 1. The van der Waals surface area contributed by atoms with Crippen LogP contribution in [0.15, 0.2) is 97.1 Å². The van der Waals surface area contributed by atoms with E-state index in [0.29, 0.717) is 6.61 Å². The minimum absolute atomic E-state index is 0.0473. The van der Waals surface area contributed by atoms with Crippen molar-refractivity contribution >= 4 is 41.2 Å². The number of ether oxygens (including phenoxy) is 3. The van der Waals surface area contributed by atoms with Crippen LogP contribution in [0.25, 0.3) is 22.3 Å². The summed E-state index contributed by atoms with van der Waals surface area (Å²) < 4.78 is 16.9. The molecule has 2 aliphatic heterocycles. The molecule has 496 valence electrons. The number of Topliss-reactive ketones (excluding diaryl/α,β-unsaturated/α-hetero) is 1. The summed E-state index contributed by atoms with van der Waals surface area (Å²) in [5.41, 5.74) is 8.99. The van der Waals surface area contributed by atoms with Crippen LogP contribution in [0.1, 0.15) is 88.2 Å². The highest BCUT2D eigenvalue weighted by Crippen LogP contribution is 2.36. The normalized spacial score (nSPS) is 26.8. The molecule has 4 aromatic rings. The topological polar surface area (TPSA) is 410 Å². The number of aliphatic hydroxyl groups is 7. The fourth-order valence-corrected chi connectivity index (χ4v) is 11.5. The van der Waals surface area contributed by atoms with Crippen molar-refractivity contribution in [1.82, 2.24) is 36.8 Å². The first-order valence-electron chi connectivity index (χ1n) is 31.0. The Morgan fingerprint density at radius 1 is 0.648 bits per heavy atom. The maximum Gasteiger partial charge on any atom is 0.251 e. The minimum atomic E-state index is -2.28. The van der Waals surface area contributed by atoms with Crippen molar-refractivity contribution in [2.24, 2.45) is 23.5 Å². The standard InChI is InChI=1S/C65H88N8O18/c1-5-6-7-26-91-46-22-18-41(19-23-46)39-10-8-38(9-11-39)40-12-14-43(15-13-40)60(83)68-49-33-50(78)59(67-25-28-90-30-29-89-27-24-66)72-64(87)54-55(79)35(2)34-73(54)65(88)52(37(4)75)70-63(86)53(58(82)56(80)42-16-20-44(76)21-17-42)71-61(84)48-32-45(77)31-47(48)57(81)51(36(3)74)69-62(49)85/h8-23,35-37,45,47-56,58-59,67,74-80,82H,5-7,24-34,66H2,1-4H3,(H,68,83)(H,69,85)(H,70,86)(H,71,84)(H,72,87)/t35-,36+,37+,45-,47?,48?,49?,50+,51?,52?,53?,54?,55-,56-,58-,59?/m0/s1. The van der Waals surface area contributed by atoms with E-state index in [0.717, 1.165) is 66.0 Å². The summed E-state index contributed by atoms with van der Waals surface area (Å²) in [6, 6.07) is 17.1. The van der Waals surface area contributed by atoms with Crippen molar-refractivity contribution in [2.45, 2.75) is 145 Å². The van der Waals surface area contributed by atoms with Gasteiger partial charge in [-0.15, -0.1) is 0 Å². The van der Waals surface area contributed by atoms with Gasteiger partial charge in [0, 0.05) is 43.5 Å².